The molecule has 6 heteroatoms. The lowest BCUT2D eigenvalue weighted by Gasteiger charge is -2.22. The number of rotatable bonds is 2. The lowest BCUT2D eigenvalue weighted by Crippen LogP contribution is -2.29. The molecule has 27 heavy (non-hydrogen) atoms. The molecule has 4 rings (SSSR count). The topological polar surface area (TPSA) is 37.4 Å². The Hall–Kier alpha value is -2.63. The third-order valence-corrected chi connectivity index (χ3v) is 5.42. The standard InChI is InChI=1S/C21H18F3NO2/c22-21(23,24)15-7-4-8-16(12-15)25-19(26)17-10-9-14(11-18(17)20(25)27)13-5-2-1-3-6-13/h4,7-13H,1-3,5-6H2. The predicted molar refractivity (Wildman–Crippen MR) is 94.9 cm³/mol. The first-order valence-electron chi connectivity index (χ1n) is 9.06. The number of halogens is 3. The van der Waals surface area contributed by atoms with Crippen molar-refractivity contribution in [1.29, 1.82) is 0 Å². The summed E-state index contributed by atoms with van der Waals surface area (Å²) < 4.78 is 38.9. The highest BCUT2D eigenvalue weighted by Crippen LogP contribution is 2.37. The summed E-state index contributed by atoms with van der Waals surface area (Å²) in [5.41, 5.74) is 0.604. The molecule has 1 saturated carbocycles. The average molecular weight is 373 g/mol. The molecule has 0 N–H and O–H groups in total. The molecule has 1 fully saturated rings. The van der Waals surface area contributed by atoms with E-state index in [1.165, 1.54) is 18.6 Å². The summed E-state index contributed by atoms with van der Waals surface area (Å²) >= 11 is 0. The van der Waals surface area contributed by atoms with E-state index in [4.69, 9.17) is 0 Å². The third-order valence-electron chi connectivity index (χ3n) is 5.42. The Labute approximate surface area is 154 Å². The number of nitrogens with zero attached hydrogens (tertiary/aromatic N) is 1. The summed E-state index contributed by atoms with van der Waals surface area (Å²) in [5, 5.41) is 0. The van der Waals surface area contributed by atoms with Gasteiger partial charge in [0.15, 0.2) is 0 Å². The number of carbonyl (C=O) groups is 2. The molecule has 0 spiro atoms. The number of amides is 2. The maximum atomic E-state index is 13.0. The molecular weight excluding hydrogens is 355 g/mol. The van der Waals surface area contributed by atoms with E-state index in [-0.39, 0.29) is 16.8 Å². The van der Waals surface area contributed by atoms with E-state index in [2.05, 4.69) is 0 Å². The van der Waals surface area contributed by atoms with Gasteiger partial charge in [0.1, 0.15) is 0 Å². The number of carbonyl (C=O) groups excluding carboxylic acids is 2. The molecule has 1 aliphatic heterocycles. The Morgan fingerprint density at radius 1 is 0.852 bits per heavy atom. The molecule has 0 bridgehead atoms. The van der Waals surface area contributed by atoms with Crippen LogP contribution in [0.1, 0.15) is 69.9 Å². The number of fused-ring (bicyclic) bond motifs is 1. The van der Waals surface area contributed by atoms with Gasteiger partial charge >= 0.3 is 6.18 Å². The van der Waals surface area contributed by atoms with Crippen LogP contribution in [0.5, 0.6) is 0 Å². The van der Waals surface area contributed by atoms with Gasteiger partial charge in [-0.2, -0.15) is 13.2 Å². The van der Waals surface area contributed by atoms with E-state index < -0.39 is 23.6 Å². The first-order valence-corrected chi connectivity index (χ1v) is 9.06. The van der Waals surface area contributed by atoms with E-state index in [1.807, 2.05) is 6.07 Å². The van der Waals surface area contributed by atoms with Crippen molar-refractivity contribution in [1.82, 2.24) is 0 Å². The normalized spacial score (nSPS) is 18.1. The fraction of sp³-hybridized carbons (Fsp3) is 0.333. The molecular formula is C21H18F3NO2. The van der Waals surface area contributed by atoms with Crippen LogP contribution in [0.2, 0.25) is 0 Å². The second-order valence-electron chi connectivity index (χ2n) is 7.13. The largest absolute Gasteiger partial charge is 0.416 e. The number of imide groups is 1. The van der Waals surface area contributed by atoms with Crippen molar-refractivity contribution in [3.8, 4) is 0 Å². The van der Waals surface area contributed by atoms with Crippen molar-refractivity contribution in [3.63, 3.8) is 0 Å². The summed E-state index contributed by atoms with van der Waals surface area (Å²) in [6.07, 6.45) is 1.07. The molecule has 0 aromatic heterocycles. The predicted octanol–water partition coefficient (Wildman–Crippen LogP) is 5.55. The lowest BCUT2D eigenvalue weighted by atomic mass is 9.83. The SMILES string of the molecule is O=C1c2ccc(C3CCCCC3)cc2C(=O)N1c1cccc(C(F)(F)F)c1. The van der Waals surface area contributed by atoms with Gasteiger partial charge in [0.25, 0.3) is 11.8 Å². The van der Waals surface area contributed by atoms with Crippen molar-refractivity contribution < 1.29 is 22.8 Å². The van der Waals surface area contributed by atoms with Gasteiger partial charge in [-0.25, -0.2) is 4.90 Å². The highest BCUT2D eigenvalue weighted by atomic mass is 19.4. The minimum atomic E-state index is -4.54. The molecule has 2 amide bonds. The van der Waals surface area contributed by atoms with Crippen LogP contribution in [0.4, 0.5) is 18.9 Å². The minimum Gasteiger partial charge on any atom is -0.268 e. The van der Waals surface area contributed by atoms with Gasteiger partial charge in [-0.05, 0) is 54.7 Å². The molecule has 2 aromatic rings. The van der Waals surface area contributed by atoms with Crippen molar-refractivity contribution in [3.05, 3.63) is 64.7 Å². The molecule has 0 radical (unpaired) electrons. The zero-order valence-corrected chi connectivity index (χ0v) is 14.6. The van der Waals surface area contributed by atoms with Crippen LogP contribution in [-0.4, -0.2) is 11.8 Å². The van der Waals surface area contributed by atoms with Gasteiger partial charge in [0.2, 0.25) is 0 Å². The summed E-state index contributed by atoms with van der Waals surface area (Å²) in [6, 6.07) is 9.56. The second kappa shape index (κ2) is 6.51. The maximum absolute atomic E-state index is 13.0. The Morgan fingerprint density at radius 3 is 2.26 bits per heavy atom. The van der Waals surface area contributed by atoms with Crippen LogP contribution in [-0.2, 0) is 6.18 Å². The van der Waals surface area contributed by atoms with Crippen LogP contribution in [0, 0.1) is 0 Å². The Kier molecular flexibility index (Phi) is 4.29. The van der Waals surface area contributed by atoms with Gasteiger partial charge < -0.3 is 0 Å². The lowest BCUT2D eigenvalue weighted by molar-refractivity contribution is -0.137. The zero-order valence-electron chi connectivity index (χ0n) is 14.6. The molecule has 2 aliphatic rings. The summed E-state index contributed by atoms with van der Waals surface area (Å²) in [5.74, 6) is -0.772. The van der Waals surface area contributed by atoms with Gasteiger partial charge in [0, 0.05) is 0 Å². The van der Waals surface area contributed by atoms with Crippen LogP contribution >= 0.6 is 0 Å². The van der Waals surface area contributed by atoms with Crippen molar-refractivity contribution in [2.75, 3.05) is 4.90 Å². The van der Waals surface area contributed by atoms with Crippen LogP contribution < -0.4 is 4.90 Å². The van der Waals surface area contributed by atoms with E-state index in [1.54, 1.807) is 12.1 Å². The molecule has 0 atom stereocenters. The molecule has 2 aromatic carbocycles. The highest BCUT2D eigenvalue weighted by Gasteiger charge is 2.38. The van der Waals surface area contributed by atoms with E-state index in [0.29, 0.717) is 5.92 Å². The summed E-state index contributed by atoms with van der Waals surface area (Å²) in [6.45, 7) is 0. The van der Waals surface area contributed by atoms with E-state index >= 15 is 0 Å². The number of hydrogen-bond donors (Lipinski definition) is 0. The van der Waals surface area contributed by atoms with Gasteiger partial charge in [0.05, 0.1) is 22.4 Å². The van der Waals surface area contributed by atoms with Crippen molar-refractivity contribution in [2.45, 2.75) is 44.2 Å². The highest BCUT2D eigenvalue weighted by molar-refractivity contribution is 6.34. The van der Waals surface area contributed by atoms with Crippen LogP contribution in [0.25, 0.3) is 0 Å². The fourth-order valence-corrected chi connectivity index (χ4v) is 4.00. The minimum absolute atomic E-state index is 0.0600. The quantitative estimate of drug-likeness (QED) is 0.647. The number of hydrogen-bond acceptors (Lipinski definition) is 2. The zero-order chi connectivity index (χ0) is 19.2. The van der Waals surface area contributed by atoms with Gasteiger partial charge in [-0.3, -0.25) is 9.59 Å². The summed E-state index contributed by atoms with van der Waals surface area (Å²) in [7, 11) is 0. The van der Waals surface area contributed by atoms with Gasteiger partial charge in [-0.15, -0.1) is 0 Å². The molecule has 3 nitrogen and oxygen atoms in total. The monoisotopic (exact) mass is 373 g/mol. The molecule has 140 valence electrons. The number of anilines is 1. The maximum Gasteiger partial charge on any atom is 0.416 e. The molecule has 1 heterocycles. The van der Waals surface area contributed by atoms with E-state index in [0.717, 1.165) is 48.3 Å². The van der Waals surface area contributed by atoms with Gasteiger partial charge in [-0.1, -0.05) is 31.4 Å². The smallest absolute Gasteiger partial charge is 0.268 e. The van der Waals surface area contributed by atoms with Crippen LogP contribution in [0.3, 0.4) is 0 Å². The molecule has 0 saturated heterocycles. The number of benzene rings is 2. The summed E-state index contributed by atoms with van der Waals surface area (Å²) in [4.78, 5) is 26.3. The Morgan fingerprint density at radius 2 is 1.56 bits per heavy atom. The van der Waals surface area contributed by atoms with E-state index in [9.17, 15) is 22.8 Å². The molecule has 1 aliphatic carbocycles. The third kappa shape index (κ3) is 3.13. The Balaban J connectivity index is 1.69. The van der Waals surface area contributed by atoms with Crippen molar-refractivity contribution in [2.24, 2.45) is 0 Å². The Bertz CT molecular complexity index is 914. The molecule has 0 unspecified atom stereocenters. The van der Waals surface area contributed by atoms with Crippen molar-refractivity contribution >= 4 is 17.5 Å². The fourth-order valence-electron chi connectivity index (χ4n) is 4.00. The van der Waals surface area contributed by atoms with Crippen LogP contribution in [0.15, 0.2) is 42.5 Å². The average Bonchev–Trinajstić information content (AvgIpc) is 2.92. The second-order valence-corrected chi connectivity index (χ2v) is 7.13. The number of alkyl halides is 3. The first kappa shape index (κ1) is 17.8. The first-order chi connectivity index (χ1) is 12.9.